The lowest BCUT2D eigenvalue weighted by Crippen LogP contribution is -2.44. The largest absolute Gasteiger partial charge is 0.493 e. The van der Waals surface area contributed by atoms with Gasteiger partial charge in [0.25, 0.3) is 0 Å². The molecule has 2 aliphatic rings. The fourth-order valence-electron chi connectivity index (χ4n) is 4.20. The number of ether oxygens (including phenoxy) is 2. The molecule has 0 bridgehead atoms. The average Bonchev–Trinajstić information content (AvgIpc) is 3.06. The molecule has 0 aromatic heterocycles. The van der Waals surface area contributed by atoms with E-state index >= 15 is 0 Å². The molecule has 0 N–H and O–H groups in total. The van der Waals surface area contributed by atoms with Crippen molar-refractivity contribution in [3.8, 4) is 11.5 Å². The molecule has 1 aromatic rings. The second-order valence-electron chi connectivity index (χ2n) is 7.91. The highest BCUT2D eigenvalue weighted by Gasteiger charge is 2.29. The lowest BCUT2D eigenvalue weighted by molar-refractivity contribution is -0.139. The predicted octanol–water partition coefficient (Wildman–Crippen LogP) is 4.01. The van der Waals surface area contributed by atoms with Crippen LogP contribution in [0.15, 0.2) is 18.2 Å². The van der Waals surface area contributed by atoms with Crippen molar-refractivity contribution in [2.45, 2.75) is 38.5 Å². The quantitative estimate of drug-likeness (QED) is 0.657. The Morgan fingerprint density at radius 3 is 2.23 bits per heavy atom. The molecule has 0 unspecified atom stereocenters. The highest BCUT2D eigenvalue weighted by molar-refractivity contribution is 6.32. The van der Waals surface area contributed by atoms with Gasteiger partial charge in [0.1, 0.15) is 0 Å². The lowest BCUT2D eigenvalue weighted by atomic mass is 9.95. The Kier molecular flexibility index (Phi) is 8.02. The van der Waals surface area contributed by atoms with Gasteiger partial charge >= 0.3 is 0 Å². The van der Waals surface area contributed by atoms with Crippen LogP contribution in [-0.4, -0.2) is 62.0 Å². The number of nitrogens with zero attached hydrogens (tertiary/aromatic N) is 2. The van der Waals surface area contributed by atoms with Crippen LogP contribution in [0.2, 0.25) is 5.02 Å². The average molecular weight is 435 g/mol. The van der Waals surface area contributed by atoms with Gasteiger partial charge < -0.3 is 19.3 Å². The molecule has 6 nitrogen and oxygen atoms in total. The Morgan fingerprint density at radius 1 is 0.967 bits per heavy atom. The van der Waals surface area contributed by atoms with Crippen LogP contribution in [0, 0.1) is 5.92 Å². The highest BCUT2D eigenvalue weighted by Crippen LogP contribution is 2.36. The Hall–Kier alpha value is -2.21. The minimum absolute atomic E-state index is 0.0424. The minimum atomic E-state index is -0.0541. The van der Waals surface area contributed by atoms with Crippen molar-refractivity contribution in [2.24, 2.45) is 5.92 Å². The van der Waals surface area contributed by atoms with E-state index in [1.54, 1.807) is 31.4 Å². The van der Waals surface area contributed by atoms with Gasteiger partial charge in [-0.15, -0.1) is 0 Å². The maximum absolute atomic E-state index is 12.8. The zero-order valence-electron chi connectivity index (χ0n) is 17.9. The third-order valence-corrected chi connectivity index (χ3v) is 6.23. The number of carbonyl (C=O) groups excluding carboxylic acids is 2. The molecule has 3 rings (SSSR count). The second-order valence-corrected chi connectivity index (χ2v) is 8.32. The summed E-state index contributed by atoms with van der Waals surface area (Å²) in [5.41, 5.74) is 0.761. The summed E-state index contributed by atoms with van der Waals surface area (Å²) in [6, 6.07) is 3.51. The fourth-order valence-corrected chi connectivity index (χ4v) is 4.50. The first-order chi connectivity index (χ1) is 14.5. The predicted molar refractivity (Wildman–Crippen MR) is 118 cm³/mol. The molecule has 7 heteroatoms. The van der Waals surface area contributed by atoms with Gasteiger partial charge in [-0.05, 0) is 49.5 Å². The lowest BCUT2D eigenvalue weighted by Gasteiger charge is -2.33. The molecule has 2 heterocycles. The van der Waals surface area contributed by atoms with Crippen LogP contribution in [0.3, 0.4) is 0 Å². The molecule has 2 amide bonds. The summed E-state index contributed by atoms with van der Waals surface area (Å²) in [6.07, 6.45) is 9.39. The molecule has 164 valence electrons. The maximum Gasteiger partial charge on any atom is 0.246 e. The van der Waals surface area contributed by atoms with Gasteiger partial charge in [-0.2, -0.15) is 0 Å². The second kappa shape index (κ2) is 10.7. The highest BCUT2D eigenvalue weighted by atomic mass is 35.5. The summed E-state index contributed by atoms with van der Waals surface area (Å²) in [7, 11) is 3.08. The summed E-state index contributed by atoms with van der Waals surface area (Å²) >= 11 is 6.23. The van der Waals surface area contributed by atoms with E-state index in [9.17, 15) is 9.59 Å². The molecule has 0 aliphatic carbocycles. The first kappa shape index (κ1) is 22.5. The van der Waals surface area contributed by atoms with Gasteiger partial charge in [-0.1, -0.05) is 24.4 Å². The van der Waals surface area contributed by atoms with Gasteiger partial charge in [0.15, 0.2) is 11.5 Å². The zero-order valence-corrected chi connectivity index (χ0v) is 18.6. The number of methoxy groups -OCH3 is 2. The third-order valence-electron chi connectivity index (χ3n) is 5.95. The first-order valence-corrected chi connectivity index (χ1v) is 11.1. The van der Waals surface area contributed by atoms with E-state index in [-0.39, 0.29) is 17.7 Å². The minimum Gasteiger partial charge on any atom is -0.493 e. The molecular weight excluding hydrogens is 404 g/mol. The normalized spacial score (nSPS) is 18.4. The van der Waals surface area contributed by atoms with E-state index < -0.39 is 0 Å². The zero-order chi connectivity index (χ0) is 21.5. The monoisotopic (exact) mass is 434 g/mol. The topological polar surface area (TPSA) is 59.1 Å². The van der Waals surface area contributed by atoms with Gasteiger partial charge in [0.2, 0.25) is 11.8 Å². The Balaban J connectivity index is 1.55. The smallest absolute Gasteiger partial charge is 0.246 e. The number of carbonyl (C=O) groups is 2. The van der Waals surface area contributed by atoms with E-state index in [1.165, 1.54) is 20.0 Å². The number of piperidine rings is 1. The van der Waals surface area contributed by atoms with Crippen molar-refractivity contribution in [2.75, 3.05) is 40.4 Å². The van der Waals surface area contributed by atoms with E-state index in [0.29, 0.717) is 29.6 Å². The third kappa shape index (κ3) is 5.48. The van der Waals surface area contributed by atoms with Crippen LogP contribution >= 0.6 is 11.6 Å². The number of halogens is 1. The van der Waals surface area contributed by atoms with Crippen molar-refractivity contribution in [1.29, 1.82) is 0 Å². The van der Waals surface area contributed by atoms with Gasteiger partial charge in [0, 0.05) is 38.2 Å². The number of hydrogen-bond acceptors (Lipinski definition) is 4. The number of amides is 2. The van der Waals surface area contributed by atoms with Crippen molar-refractivity contribution in [3.63, 3.8) is 0 Å². The van der Waals surface area contributed by atoms with Crippen LogP contribution in [0.1, 0.15) is 44.1 Å². The molecular formula is C23H31ClN2O4. The molecule has 2 aliphatic heterocycles. The number of likely N-dealkylation sites (tertiary alicyclic amines) is 2. The van der Waals surface area contributed by atoms with E-state index in [2.05, 4.69) is 0 Å². The van der Waals surface area contributed by atoms with E-state index in [1.807, 2.05) is 9.80 Å². The molecule has 0 saturated carbocycles. The van der Waals surface area contributed by atoms with Crippen molar-refractivity contribution < 1.29 is 19.1 Å². The number of benzene rings is 1. The van der Waals surface area contributed by atoms with Crippen LogP contribution in [0.5, 0.6) is 11.5 Å². The summed E-state index contributed by atoms with van der Waals surface area (Å²) < 4.78 is 10.5. The van der Waals surface area contributed by atoms with Crippen LogP contribution in [0.4, 0.5) is 0 Å². The van der Waals surface area contributed by atoms with Crippen LogP contribution in [0.25, 0.3) is 6.08 Å². The standard InChI is InChI=1S/C23H31ClN2O4/c1-29-20-16-17(15-19(24)22(20)30-2)7-8-21(27)25-13-9-18(10-14-25)23(28)26-11-5-3-4-6-12-26/h7-8,15-16,18H,3-6,9-14H2,1-2H3/b8-7+. The Bertz CT molecular complexity index is 780. The summed E-state index contributed by atoms with van der Waals surface area (Å²) in [5, 5.41) is 0.428. The van der Waals surface area contributed by atoms with E-state index in [0.717, 1.165) is 44.3 Å². The Morgan fingerprint density at radius 2 is 1.63 bits per heavy atom. The summed E-state index contributed by atoms with van der Waals surface area (Å²) in [6.45, 7) is 2.99. The van der Waals surface area contributed by atoms with Gasteiger partial charge in [-0.3, -0.25) is 9.59 Å². The van der Waals surface area contributed by atoms with Crippen LogP contribution < -0.4 is 9.47 Å². The Labute approximate surface area is 183 Å². The van der Waals surface area contributed by atoms with Gasteiger partial charge in [-0.25, -0.2) is 0 Å². The summed E-state index contributed by atoms with van der Waals surface area (Å²) in [4.78, 5) is 29.3. The van der Waals surface area contributed by atoms with Crippen LogP contribution in [-0.2, 0) is 9.59 Å². The number of hydrogen-bond donors (Lipinski definition) is 0. The summed E-state index contributed by atoms with van der Waals surface area (Å²) in [5.74, 6) is 1.26. The molecule has 30 heavy (non-hydrogen) atoms. The molecule has 0 radical (unpaired) electrons. The SMILES string of the molecule is COc1cc(/C=C/C(=O)N2CCC(C(=O)N3CCCCCC3)CC2)cc(Cl)c1OC. The molecule has 1 aromatic carbocycles. The molecule has 2 saturated heterocycles. The maximum atomic E-state index is 12.8. The van der Waals surface area contributed by atoms with Crippen molar-refractivity contribution >= 4 is 29.5 Å². The number of rotatable bonds is 5. The molecule has 0 atom stereocenters. The molecule has 0 spiro atoms. The van der Waals surface area contributed by atoms with Crippen molar-refractivity contribution in [1.82, 2.24) is 9.80 Å². The molecule has 2 fully saturated rings. The van der Waals surface area contributed by atoms with E-state index in [4.69, 9.17) is 21.1 Å². The first-order valence-electron chi connectivity index (χ1n) is 10.7. The van der Waals surface area contributed by atoms with Gasteiger partial charge in [0.05, 0.1) is 19.2 Å². The van der Waals surface area contributed by atoms with Crippen molar-refractivity contribution in [3.05, 3.63) is 28.8 Å². The fraction of sp³-hybridized carbons (Fsp3) is 0.565.